The van der Waals surface area contributed by atoms with Crippen LogP contribution in [0.4, 0.5) is 4.79 Å². The molecular formula is C31H41NO3. The van der Waals surface area contributed by atoms with Crippen LogP contribution in [0.1, 0.15) is 101 Å². The second kappa shape index (κ2) is 10.7. The van der Waals surface area contributed by atoms with Crippen molar-refractivity contribution in [3.63, 3.8) is 0 Å². The van der Waals surface area contributed by atoms with Crippen molar-refractivity contribution in [1.82, 2.24) is 4.90 Å². The first-order valence-corrected chi connectivity index (χ1v) is 14.0. The second-order valence-electron chi connectivity index (χ2n) is 11.1. The average molecular weight is 476 g/mol. The molecule has 2 atom stereocenters. The van der Waals surface area contributed by atoms with E-state index in [9.17, 15) is 9.90 Å². The van der Waals surface area contributed by atoms with Gasteiger partial charge in [-0.25, -0.2) is 4.79 Å². The van der Waals surface area contributed by atoms with Gasteiger partial charge in [0.15, 0.2) is 0 Å². The number of fused-ring (bicyclic) bond motifs is 5. The summed E-state index contributed by atoms with van der Waals surface area (Å²) in [5.41, 5.74) is 4.36. The quantitative estimate of drug-likeness (QED) is 0.384. The molecule has 35 heavy (non-hydrogen) atoms. The van der Waals surface area contributed by atoms with Crippen LogP contribution >= 0.6 is 0 Å². The molecule has 1 N–H and O–H groups in total. The second-order valence-corrected chi connectivity index (χ2v) is 11.1. The molecule has 2 heterocycles. The van der Waals surface area contributed by atoms with E-state index in [4.69, 9.17) is 4.74 Å². The van der Waals surface area contributed by atoms with Gasteiger partial charge in [-0.1, -0.05) is 94.0 Å². The maximum absolute atomic E-state index is 13.4. The maximum atomic E-state index is 13.4. The van der Waals surface area contributed by atoms with Crippen molar-refractivity contribution in [1.29, 1.82) is 0 Å². The number of unbranched alkanes of at least 4 members (excludes halogenated alkanes) is 5. The number of hydrogen-bond acceptors (Lipinski definition) is 3. The molecular weight excluding hydrogens is 434 g/mol. The third kappa shape index (κ3) is 5.14. The summed E-state index contributed by atoms with van der Waals surface area (Å²) in [6, 6.07) is 17.1. The highest BCUT2D eigenvalue weighted by atomic mass is 16.6. The molecule has 2 fully saturated rings. The van der Waals surface area contributed by atoms with Crippen molar-refractivity contribution in [2.24, 2.45) is 0 Å². The minimum atomic E-state index is -0.624. The van der Waals surface area contributed by atoms with Crippen molar-refractivity contribution >= 4 is 6.09 Å². The highest BCUT2D eigenvalue weighted by molar-refractivity contribution is 5.79. The van der Waals surface area contributed by atoms with E-state index in [1.807, 2.05) is 4.90 Å². The molecule has 0 aromatic heterocycles. The lowest BCUT2D eigenvalue weighted by Crippen LogP contribution is -2.60. The first-order valence-electron chi connectivity index (χ1n) is 14.0. The van der Waals surface area contributed by atoms with Crippen LogP contribution in [0.3, 0.4) is 0 Å². The molecule has 0 saturated carbocycles. The topological polar surface area (TPSA) is 49.8 Å². The monoisotopic (exact) mass is 475 g/mol. The Labute approximate surface area is 210 Å². The summed E-state index contributed by atoms with van der Waals surface area (Å²) in [5.74, 6) is 0.0839. The van der Waals surface area contributed by atoms with Crippen molar-refractivity contribution in [3.05, 3.63) is 59.7 Å². The van der Waals surface area contributed by atoms with E-state index >= 15 is 0 Å². The first kappa shape index (κ1) is 24.4. The number of hydrogen-bond donors (Lipinski definition) is 1. The van der Waals surface area contributed by atoms with Gasteiger partial charge in [-0.2, -0.15) is 0 Å². The Balaban J connectivity index is 1.20. The van der Waals surface area contributed by atoms with Crippen LogP contribution in [0, 0.1) is 0 Å². The van der Waals surface area contributed by atoms with Gasteiger partial charge in [0.1, 0.15) is 6.61 Å². The molecule has 2 aliphatic heterocycles. The number of carbonyl (C=O) groups excluding carboxylic acids is 1. The van der Waals surface area contributed by atoms with Crippen LogP contribution in [0.25, 0.3) is 11.1 Å². The molecule has 2 saturated heterocycles. The fourth-order valence-electron chi connectivity index (χ4n) is 6.93. The minimum Gasteiger partial charge on any atom is -0.448 e. The highest BCUT2D eigenvalue weighted by Gasteiger charge is 2.47. The van der Waals surface area contributed by atoms with Crippen LogP contribution in [0.2, 0.25) is 0 Å². The van der Waals surface area contributed by atoms with Crippen molar-refractivity contribution in [2.75, 3.05) is 6.61 Å². The lowest BCUT2D eigenvalue weighted by molar-refractivity contribution is -0.0894. The fraction of sp³-hybridized carbons (Fsp3) is 0.581. The summed E-state index contributed by atoms with van der Waals surface area (Å²) in [4.78, 5) is 15.4. The van der Waals surface area contributed by atoms with Crippen molar-refractivity contribution in [3.8, 4) is 11.1 Å². The number of ether oxygens (including phenoxy) is 1. The van der Waals surface area contributed by atoms with Gasteiger partial charge in [0.2, 0.25) is 0 Å². The Morgan fingerprint density at radius 1 is 0.914 bits per heavy atom. The molecule has 188 valence electrons. The van der Waals surface area contributed by atoms with Crippen LogP contribution in [-0.2, 0) is 4.74 Å². The van der Waals surface area contributed by atoms with Gasteiger partial charge in [-0.05, 0) is 60.8 Å². The van der Waals surface area contributed by atoms with Gasteiger partial charge in [-0.3, -0.25) is 0 Å². The molecule has 3 aliphatic rings. The van der Waals surface area contributed by atoms with E-state index in [0.29, 0.717) is 19.4 Å². The van der Waals surface area contributed by atoms with Crippen LogP contribution in [-0.4, -0.2) is 40.4 Å². The largest absolute Gasteiger partial charge is 0.448 e. The molecule has 2 unspecified atom stereocenters. The van der Waals surface area contributed by atoms with Gasteiger partial charge < -0.3 is 14.7 Å². The molecule has 4 heteroatoms. The van der Waals surface area contributed by atoms with E-state index in [0.717, 1.165) is 32.1 Å². The molecule has 2 aromatic carbocycles. The zero-order chi connectivity index (χ0) is 24.3. The molecule has 1 aliphatic carbocycles. The first-order chi connectivity index (χ1) is 17.1. The van der Waals surface area contributed by atoms with Gasteiger partial charge in [0.25, 0.3) is 0 Å². The summed E-state index contributed by atoms with van der Waals surface area (Å²) in [6.07, 6.45) is 12.6. The van der Waals surface area contributed by atoms with E-state index in [1.54, 1.807) is 0 Å². The van der Waals surface area contributed by atoms with Crippen LogP contribution < -0.4 is 0 Å². The SMILES string of the molecule is CCCCCCCCC1(O)CC2CCCC(C1)N2C(=O)OCC1c2ccccc2-c2ccccc21. The zero-order valence-corrected chi connectivity index (χ0v) is 21.3. The number of rotatable bonds is 9. The Morgan fingerprint density at radius 3 is 2.11 bits per heavy atom. The van der Waals surface area contributed by atoms with Crippen LogP contribution in [0.15, 0.2) is 48.5 Å². The Bertz CT molecular complexity index is 958. The minimum absolute atomic E-state index is 0.0839. The van der Waals surface area contributed by atoms with Crippen molar-refractivity contribution in [2.45, 2.75) is 108 Å². The normalized spacial score (nSPS) is 25.3. The Hall–Kier alpha value is -2.33. The standard InChI is InChI=1S/C31H41NO3/c1-2-3-4-5-6-11-19-31(34)20-23-13-12-14-24(21-31)32(23)30(33)35-22-29-27-17-9-7-15-25(27)26-16-8-10-18-28(26)29/h7-10,15-18,23-24,29,34H,2-6,11-14,19-22H2,1H3. The summed E-state index contributed by atoms with van der Waals surface area (Å²) in [5, 5.41) is 11.4. The lowest BCUT2D eigenvalue weighted by Gasteiger charge is -2.51. The molecule has 0 radical (unpaired) electrons. The summed E-state index contributed by atoms with van der Waals surface area (Å²) in [6.45, 7) is 2.61. The van der Waals surface area contributed by atoms with Crippen LogP contribution in [0.5, 0.6) is 0 Å². The Kier molecular flexibility index (Phi) is 7.48. The summed E-state index contributed by atoms with van der Waals surface area (Å²) < 4.78 is 6.03. The molecule has 0 spiro atoms. The number of aliphatic hydroxyl groups is 1. The van der Waals surface area contributed by atoms with Crippen molar-refractivity contribution < 1.29 is 14.6 Å². The van der Waals surface area contributed by atoms with Gasteiger partial charge >= 0.3 is 6.09 Å². The molecule has 4 nitrogen and oxygen atoms in total. The number of carbonyl (C=O) groups is 1. The molecule has 2 aromatic rings. The molecule has 2 bridgehead atoms. The number of amides is 1. The zero-order valence-electron chi connectivity index (χ0n) is 21.3. The fourth-order valence-corrected chi connectivity index (χ4v) is 6.93. The summed E-state index contributed by atoms with van der Waals surface area (Å²) in [7, 11) is 0. The average Bonchev–Trinajstić information content (AvgIpc) is 3.18. The highest BCUT2D eigenvalue weighted by Crippen LogP contribution is 2.45. The third-order valence-corrected chi connectivity index (χ3v) is 8.64. The predicted molar refractivity (Wildman–Crippen MR) is 141 cm³/mol. The van der Waals surface area contributed by atoms with E-state index in [2.05, 4.69) is 55.5 Å². The molecule has 1 amide bonds. The maximum Gasteiger partial charge on any atom is 0.410 e. The van der Waals surface area contributed by atoms with E-state index in [1.165, 1.54) is 54.4 Å². The third-order valence-electron chi connectivity index (χ3n) is 8.64. The lowest BCUT2D eigenvalue weighted by atomic mass is 9.73. The predicted octanol–water partition coefficient (Wildman–Crippen LogP) is 7.43. The smallest absolute Gasteiger partial charge is 0.410 e. The van der Waals surface area contributed by atoms with Gasteiger partial charge in [0, 0.05) is 18.0 Å². The van der Waals surface area contributed by atoms with E-state index in [-0.39, 0.29) is 24.1 Å². The summed E-state index contributed by atoms with van der Waals surface area (Å²) >= 11 is 0. The number of nitrogens with zero attached hydrogens (tertiary/aromatic N) is 1. The Morgan fingerprint density at radius 2 is 1.49 bits per heavy atom. The van der Waals surface area contributed by atoms with E-state index < -0.39 is 5.60 Å². The van der Waals surface area contributed by atoms with Gasteiger partial charge in [0.05, 0.1) is 5.60 Å². The number of piperidine rings is 2. The molecule has 5 rings (SSSR count). The van der Waals surface area contributed by atoms with Gasteiger partial charge in [-0.15, -0.1) is 0 Å². The number of benzene rings is 2.